The van der Waals surface area contributed by atoms with Gasteiger partial charge in [-0.25, -0.2) is 4.79 Å². The highest BCUT2D eigenvalue weighted by molar-refractivity contribution is 6.19. The van der Waals surface area contributed by atoms with Crippen LogP contribution in [0.3, 0.4) is 0 Å². The first-order valence-electron chi connectivity index (χ1n) is 1.80. The number of methoxy groups -OCH3 is 1. The first kappa shape index (κ1) is 7.52. The standard InChI is InChI=1S/C3H6ClNO3/c1-7-3(6)5(4)8-2/h1-2H3. The molecule has 0 aromatic heterocycles. The molecule has 48 valence electrons. The van der Waals surface area contributed by atoms with Crippen molar-refractivity contribution < 1.29 is 14.4 Å². The van der Waals surface area contributed by atoms with E-state index >= 15 is 0 Å². The van der Waals surface area contributed by atoms with Crippen LogP contribution in [0.4, 0.5) is 4.79 Å². The number of carbonyl (C=O) groups is 1. The zero-order chi connectivity index (χ0) is 6.57. The van der Waals surface area contributed by atoms with E-state index in [1.807, 2.05) is 0 Å². The van der Waals surface area contributed by atoms with Gasteiger partial charge in [0, 0.05) is 11.8 Å². The van der Waals surface area contributed by atoms with Crippen LogP contribution in [-0.2, 0) is 9.57 Å². The molecule has 0 heterocycles. The summed E-state index contributed by atoms with van der Waals surface area (Å²) < 4.78 is 4.59. The molecule has 0 bridgehead atoms. The molecular weight excluding hydrogens is 133 g/mol. The van der Waals surface area contributed by atoms with E-state index in [1.165, 1.54) is 14.2 Å². The van der Waals surface area contributed by atoms with Crippen molar-refractivity contribution in [1.82, 2.24) is 4.58 Å². The smallest absolute Gasteiger partial charge is 0.449 e. The second kappa shape index (κ2) is 3.51. The van der Waals surface area contributed by atoms with E-state index in [0.29, 0.717) is 4.58 Å². The quantitative estimate of drug-likeness (QED) is 0.398. The van der Waals surface area contributed by atoms with Crippen LogP contribution in [0.5, 0.6) is 0 Å². The lowest BCUT2D eigenvalue weighted by atomic mass is 11.2. The summed E-state index contributed by atoms with van der Waals surface area (Å²) >= 11 is 5.05. The Bertz CT molecular complexity index is 86.6. The van der Waals surface area contributed by atoms with Gasteiger partial charge in [-0.3, -0.25) is 4.84 Å². The van der Waals surface area contributed by atoms with Crippen molar-refractivity contribution in [3.8, 4) is 0 Å². The third kappa shape index (κ3) is 1.99. The summed E-state index contributed by atoms with van der Waals surface area (Å²) in [6.45, 7) is 0. The molecule has 0 aliphatic carbocycles. The predicted molar refractivity (Wildman–Crippen MR) is 27.1 cm³/mol. The van der Waals surface area contributed by atoms with Gasteiger partial charge in [-0.2, -0.15) is 0 Å². The van der Waals surface area contributed by atoms with Gasteiger partial charge >= 0.3 is 6.09 Å². The summed E-state index contributed by atoms with van der Waals surface area (Å²) in [7, 11) is 2.46. The topological polar surface area (TPSA) is 38.8 Å². The van der Waals surface area contributed by atoms with Gasteiger partial charge in [-0.15, -0.1) is 0 Å². The van der Waals surface area contributed by atoms with Gasteiger partial charge in [0.25, 0.3) is 0 Å². The van der Waals surface area contributed by atoms with Gasteiger partial charge < -0.3 is 4.74 Å². The van der Waals surface area contributed by atoms with Crippen LogP contribution in [0.15, 0.2) is 0 Å². The van der Waals surface area contributed by atoms with E-state index in [4.69, 9.17) is 11.8 Å². The number of hydrogen-bond acceptors (Lipinski definition) is 3. The van der Waals surface area contributed by atoms with E-state index in [2.05, 4.69) is 9.57 Å². The molecule has 5 heteroatoms. The number of carbonyl (C=O) groups excluding carboxylic acids is 1. The average molecular weight is 140 g/mol. The highest BCUT2D eigenvalue weighted by Crippen LogP contribution is 1.95. The molecule has 0 saturated heterocycles. The molecule has 8 heavy (non-hydrogen) atoms. The van der Waals surface area contributed by atoms with Crippen LogP contribution in [-0.4, -0.2) is 24.9 Å². The third-order valence-electron chi connectivity index (χ3n) is 0.478. The van der Waals surface area contributed by atoms with Gasteiger partial charge in [0.15, 0.2) is 0 Å². The van der Waals surface area contributed by atoms with Gasteiger partial charge in [0.1, 0.15) is 0 Å². The first-order chi connectivity index (χ1) is 3.72. The van der Waals surface area contributed by atoms with Gasteiger partial charge in [-0.05, 0) is 0 Å². The lowest BCUT2D eigenvalue weighted by molar-refractivity contribution is -0.0348. The number of hydroxylamine groups is 1. The predicted octanol–water partition coefficient (Wildman–Crippen LogP) is 0.770. The summed E-state index contributed by atoms with van der Waals surface area (Å²) in [5, 5.41) is 0. The largest absolute Gasteiger partial charge is 0.450 e. The van der Waals surface area contributed by atoms with Gasteiger partial charge in [-0.1, -0.05) is 4.58 Å². The molecule has 0 spiro atoms. The second-order valence-electron chi connectivity index (χ2n) is 0.897. The third-order valence-corrected chi connectivity index (χ3v) is 0.754. The van der Waals surface area contributed by atoms with Gasteiger partial charge in [0.05, 0.1) is 14.2 Å². The molecule has 0 rings (SSSR count). The first-order valence-corrected chi connectivity index (χ1v) is 2.14. The molecule has 0 atom stereocenters. The lowest BCUT2D eigenvalue weighted by Crippen LogP contribution is -2.19. The highest BCUT2D eigenvalue weighted by atomic mass is 35.5. The molecule has 0 aliphatic rings. The molecule has 0 N–H and O–H groups in total. The fraction of sp³-hybridized carbons (Fsp3) is 0.667. The number of nitrogens with zero attached hydrogens (tertiary/aromatic N) is 1. The lowest BCUT2D eigenvalue weighted by Gasteiger charge is -2.05. The molecule has 1 amide bonds. The molecule has 0 radical (unpaired) electrons. The maximum atomic E-state index is 10.2. The number of ether oxygens (including phenoxy) is 1. The maximum Gasteiger partial charge on any atom is 0.449 e. The van der Waals surface area contributed by atoms with E-state index in [0.717, 1.165) is 0 Å². The van der Waals surface area contributed by atoms with E-state index in [9.17, 15) is 4.79 Å². The normalized spacial score (nSPS) is 8.38. The Labute approximate surface area is 52.0 Å². The zero-order valence-electron chi connectivity index (χ0n) is 4.55. The number of rotatable bonds is 1. The summed E-state index contributed by atoms with van der Waals surface area (Å²) in [6.07, 6.45) is -0.742. The van der Waals surface area contributed by atoms with Crippen LogP contribution in [0, 0.1) is 0 Å². The minimum absolute atomic E-state index is 0.458. The highest BCUT2D eigenvalue weighted by Gasteiger charge is 2.07. The van der Waals surface area contributed by atoms with E-state index in [-0.39, 0.29) is 0 Å². The van der Waals surface area contributed by atoms with Crippen molar-refractivity contribution in [2.24, 2.45) is 0 Å². The zero-order valence-corrected chi connectivity index (χ0v) is 5.31. The summed E-state index contributed by atoms with van der Waals surface area (Å²) in [5.74, 6) is 0. The summed E-state index contributed by atoms with van der Waals surface area (Å²) in [5.41, 5.74) is 0. The number of halogens is 1. The minimum Gasteiger partial charge on any atom is -0.450 e. The Morgan fingerprint density at radius 1 is 1.62 bits per heavy atom. The SMILES string of the molecule is COC(=O)N(Cl)OC. The van der Waals surface area contributed by atoms with Crippen molar-refractivity contribution >= 4 is 17.9 Å². The molecule has 0 aromatic rings. The molecule has 0 saturated carbocycles. The number of hydrogen-bond donors (Lipinski definition) is 0. The van der Waals surface area contributed by atoms with Crippen LogP contribution in [0.25, 0.3) is 0 Å². The minimum atomic E-state index is -0.742. The maximum absolute atomic E-state index is 10.2. The summed E-state index contributed by atoms with van der Waals surface area (Å²) in [6, 6.07) is 0. The van der Waals surface area contributed by atoms with Crippen LogP contribution in [0.1, 0.15) is 0 Å². The molecule has 0 fully saturated rings. The van der Waals surface area contributed by atoms with Crippen LogP contribution >= 0.6 is 11.8 Å². The Balaban J connectivity index is 3.46. The summed E-state index contributed by atoms with van der Waals surface area (Å²) in [4.78, 5) is 14.4. The van der Waals surface area contributed by atoms with E-state index in [1.54, 1.807) is 0 Å². The molecular formula is C3H6ClNO3. The van der Waals surface area contributed by atoms with Crippen molar-refractivity contribution in [3.05, 3.63) is 0 Å². The van der Waals surface area contributed by atoms with Crippen LogP contribution < -0.4 is 0 Å². The Hall–Kier alpha value is -0.480. The van der Waals surface area contributed by atoms with E-state index < -0.39 is 6.09 Å². The monoisotopic (exact) mass is 139 g/mol. The van der Waals surface area contributed by atoms with Gasteiger partial charge in [0.2, 0.25) is 0 Å². The second-order valence-corrected chi connectivity index (χ2v) is 1.20. The fourth-order valence-corrected chi connectivity index (χ4v) is 0.215. The Kier molecular flexibility index (Phi) is 3.30. The van der Waals surface area contributed by atoms with Crippen LogP contribution in [0.2, 0.25) is 0 Å². The molecule has 0 aromatic carbocycles. The molecule has 0 unspecified atom stereocenters. The number of amides is 1. The van der Waals surface area contributed by atoms with Crippen molar-refractivity contribution in [2.45, 2.75) is 0 Å². The average Bonchev–Trinajstić information content (AvgIpc) is 1.84. The molecule has 0 aliphatic heterocycles. The molecule has 4 nitrogen and oxygen atoms in total. The van der Waals surface area contributed by atoms with Crippen molar-refractivity contribution in [1.29, 1.82) is 0 Å². The fourth-order valence-electron chi connectivity index (χ4n) is 0.146. The van der Waals surface area contributed by atoms with Crippen molar-refractivity contribution in [3.63, 3.8) is 0 Å². The Morgan fingerprint density at radius 3 is 2.25 bits per heavy atom. The Morgan fingerprint density at radius 2 is 2.12 bits per heavy atom. The van der Waals surface area contributed by atoms with Crippen molar-refractivity contribution in [2.75, 3.05) is 14.2 Å².